The van der Waals surface area contributed by atoms with E-state index in [1.165, 1.54) is 45.1 Å². The van der Waals surface area contributed by atoms with E-state index in [1.807, 2.05) is 12.3 Å². The number of hydrogen-bond donors (Lipinski definition) is 1. The molecule has 0 aromatic carbocycles. The van der Waals surface area contributed by atoms with Crippen molar-refractivity contribution < 1.29 is 0 Å². The molecule has 118 valence electrons. The molecule has 1 N–H and O–H groups in total. The molecule has 1 saturated heterocycles. The average molecular weight is 290 g/mol. The van der Waals surface area contributed by atoms with Gasteiger partial charge < -0.3 is 5.32 Å². The molecule has 4 nitrogen and oxygen atoms in total. The van der Waals surface area contributed by atoms with Crippen molar-refractivity contribution in [2.45, 2.75) is 64.1 Å². The molecule has 2 unspecified atom stereocenters. The summed E-state index contributed by atoms with van der Waals surface area (Å²) >= 11 is 0. The SMILES string of the molecule is CCC1CNC(C2CCCCC2)CN1CCn1cccn1. The van der Waals surface area contributed by atoms with Crippen molar-refractivity contribution in [3.8, 4) is 0 Å². The lowest BCUT2D eigenvalue weighted by Crippen LogP contribution is -2.59. The molecular formula is C17H30N4. The largest absolute Gasteiger partial charge is 0.311 e. The van der Waals surface area contributed by atoms with Crippen LogP contribution in [-0.2, 0) is 6.54 Å². The predicted octanol–water partition coefficient (Wildman–Crippen LogP) is 2.52. The fraction of sp³-hybridized carbons (Fsp3) is 0.824. The molecule has 1 saturated carbocycles. The van der Waals surface area contributed by atoms with E-state index in [2.05, 4.69) is 33.1 Å². The third-order valence-corrected chi connectivity index (χ3v) is 5.43. The molecule has 1 aromatic rings. The lowest BCUT2D eigenvalue weighted by molar-refractivity contribution is 0.0894. The van der Waals surface area contributed by atoms with E-state index >= 15 is 0 Å². The highest BCUT2D eigenvalue weighted by atomic mass is 15.3. The first-order chi connectivity index (χ1) is 10.4. The molecule has 3 rings (SSSR count). The number of nitrogens with one attached hydrogen (secondary N) is 1. The van der Waals surface area contributed by atoms with Gasteiger partial charge in [-0.3, -0.25) is 9.58 Å². The number of rotatable bonds is 5. The Morgan fingerprint density at radius 3 is 2.76 bits per heavy atom. The standard InChI is InChI=1S/C17H30N4/c1-2-16-13-18-17(15-7-4-3-5-8-15)14-20(16)11-12-21-10-6-9-19-21/h6,9-10,15-18H,2-5,7-8,11-14H2,1H3. The highest BCUT2D eigenvalue weighted by molar-refractivity contribution is 4.90. The zero-order valence-corrected chi connectivity index (χ0v) is 13.4. The molecule has 1 aromatic heterocycles. The van der Waals surface area contributed by atoms with Crippen LogP contribution in [0.2, 0.25) is 0 Å². The van der Waals surface area contributed by atoms with Crippen LogP contribution in [0.5, 0.6) is 0 Å². The molecule has 2 fully saturated rings. The Kier molecular flexibility index (Phi) is 5.31. The van der Waals surface area contributed by atoms with Gasteiger partial charge in [-0.15, -0.1) is 0 Å². The monoisotopic (exact) mass is 290 g/mol. The Labute approximate surface area is 128 Å². The maximum absolute atomic E-state index is 4.33. The minimum atomic E-state index is 0.695. The summed E-state index contributed by atoms with van der Waals surface area (Å²) in [4.78, 5) is 2.71. The topological polar surface area (TPSA) is 33.1 Å². The van der Waals surface area contributed by atoms with Crippen LogP contribution in [0.4, 0.5) is 0 Å². The lowest BCUT2D eigenvalue weighted by atomic mass is 9.82. The molecular weight excluding hydrogens is 260 g/mol. The molecule has 0 spiro atoms. The molecule has 2 atom stereocenters. The normalized spacial score (nSPS) is 28.8. The van der Waals surface area contributed by atoms with Crippen molar-refractivity contribution in [1.82, 2.24) is 20.0 Å². The van der Waals surface area contributed by atoms with Gasteiger partial charge in [0, 0.05) is 44.1 Å². The van der Waals surface area contributed by atoms with Crippen LogP contribution in [0.25, 0.3) is 0 Å². The Morgan fingerprint density at radius 1 is 1.19 bits per heavy atom. The number of hydrogen-bond acceptors (Lipinski definition) is 3. The molecule has 4 heteroatoms. The van der Waals surface area contributed by atoms with Gasteiger partial charge in [0.1, 0.15) is 0 Å². The van der Waals surface area contributed by atoms with Crippen LogP contribution in [0.3, 0.4) is 0 Å². The van der Waals surface area contributed by atoms with Crippen molar-refractivity contribution >= 4 is 0 Å². The van der Waals surface area contributed by atoms with Crippen molar-refractivity contribution in [2.75, 3.05) is 19.6 Å². The average Bonchev–Trinajstić information content (AvgIpc) is 3.07. The molecule has 1 aliphatic heterocycles. The second-order valence-electron chi connectivity index (χ2n) is 6.74. The molecule has 2 heterocycles. The Balaban J connectivity index is 1.55. The minimum Gasteiger partial charge on any atom is -0.311 e. The smallest absolute Gasteiger partial charge is 0.0536 e. The summed E-state index contributed by atoms with van der Waals surface area (Å²) in [5.74, 6) is 0.906. The summed E-state index contributed by atoms with van der Waals surface area (Å²) in [7, 11) is 0. The van der Waals surface area contributed by atoms with E-state index in [0.29, 0.717) is 12.1 Å². The Hall–Kier alpha value is -0.870. The van der Waals surface area contributed by atoms with Crippen molar-refractivity contribution in [2.24, 2.45) is 5.92 Å². The summed E-state index contributed by atoms with van der Waals surface area (Å²) < 4.78 is 2.06. The van der Waals surface area contributed by atoms with Crippen LogP contribution < -0.4 is 5.32 Å². The van der Waals surface area contributed by atoms with Gasteiger partial charge in [0.2, 0.25) is 0 Å². The third kappa shape index (κ3) is 3.86. The van der Waals surface area contributed by atoms with Gasteiger partial charge >= 0.3 is 0 Å². The van der Waals surface area contributed by atoms with Crippen LogP contribution in [0.1, 0.15) is 45.4 Å². The summed E-state index contributed by atoms with van der Waals surface area (Å²) in [6.07, 6.45) is 12.4. The molecule has 0 amide bonds. The van der Waals surface area contributed by atoms with E-state index in [1.54, 1.807) is 0 Å². The summed E-state index contributed by atoms with van der Waals surface area (Å²) in [6.45, 7) is 6.85. The van der Waals surface area contributed by atoms with Gasteiger partial charge in [0.05, 0.1) is 6.54 Å². The quantitative estimate of drug-likeness (QED) is 0.904. The first kappa shape index (κ1) is 15.0. The van der Waals surface area contributed by atoms with E-state index in [4.69, 9.17) is 0 Å². The van der Waals surface area contributed by atoms with Crippen LogP contribution in [-0.4, -0.2) is 46.4 Å². The van der Waals surface area contributed by atoms with E-state index in [-0.39, 0.29) is 0 Å². The fourth-order valence-electron chi connectivity index (χ4n) is 4.08. The molecule has 1 aliphatic carbocycles. The van der Waals surface area contributed by atoms with E-state index < -0.39 is 0 Å². The molecule has 0 bridgehead atoms. The van der Waals surface area contributed by atoms with Crippen molar-refractivity contribution in [3.05, 3.63) is 18.5 Å². The zero-order valence-electron chi connectivity index (χ0n) is 13.4. The van der Waals surface area contributed by atoms with Gasteiger partial charge in [-0.05, 0) is 31.2 Å². The van der Waals surface area contributed by atoms with Crippen LogP contribution >= 0.6 is 0 Å². The molecule has 21 heavy (non-hydrogen) atoms. The highest BCUT2D eigenvalue weighted by Gasteiger charge is 2.31. The number of aromatic nitrogens is 2. The first-order valence-electron chi connectivity index (χ1n) is 8.81. The lowest BCUT2D eigenvalue weighted by Gasteiger charge is -2.43. The van der Waals surface area contributed by atoms with Crippen LogP contribution in [0.15, 0.2) is 18.5 Å². The van der Waals surface area contributed by atoms with Crippen LogP contribution in [0, 0.1) is 5.92 Å². The minimum absolute atomic E-state index is 0.695. The predicted molar refractivity (Wildman–Crippen MR) is 86.2 cm³/mol. The summed E-state index contributed by atoms with van der Waals surface area (Å²) in [5.41, 5.74) is 0. The fourth-order valence-corrected chi connectivity index (χ4v) is 4.08. The summed E-state index contributed by atoms with van der Waals surface area (Å²) in [6, 6.07) is 3.42. The van der Waals surface area contributed by atoms with E-state index in [0.717, 1.165) is 25.6 Å². The molecule has 2 aliphatic rings. The Morgan fingerprint density at radius 2 is 2.05 bits per heavy atom. The second kappa shape index (κ2) is 7.41. The zero-order chi connectivity index (χ0) is 14.5. The Bertz CT molecular complexity index is 397. The van der Waals surface area contributed by atoms with Gasteiger partial charge in [0.15, 0.2) is 0 Å². The van der Waals surface area contributed by atoms with Crippen molar-refractivity contribution in [1.29, 1.82) is 0 Å². The molecule has 0 radical (unpaired) electrons. The first-order valence-corrected chi connectivity index (χ1v) is 8.81. The third-order valence-electron chi connectivity index (χ3n) is 5.43. The van der Waals surface area contributed by atoms with Gasteiger partial charge in [-0.1, -0.05) is 26.2 Å². The highest BCUT2D eigenvalue weighted by Crippen LogP contribution is 2.28. The maximum atomic E-state index is 4.33. The maximum Gasteiger partial charge on any atom is 0.0536 e. The number of piperazine rings is 1. The van der Waals surface area contributed by atoms with Gasteiger partial charge in [0.25, 0.3) is 0 Å². The number of nitrogens with zero attached hydrogens (tertiary/aromatic N) is 3. The van der Waals surface area contributed by atoms with Gasteiger partial charge in [-0.2, -0.15) is 5.10 Å². The van der Waals surface area contributed by atoms with Crippen molar-refractivity contribution in [3.63, 3.8) is 0 Å². The van der Waals surface area contributed by atoms with E-state index in [9.17, 15) is 0 Å². The summed E-state index contributed by atoms with van der Waals surface area (Å²) in [5, 5.41) is 8.18. The van der Waals surface area contributed by atoms with Gasteiger partial charge in [-0.25, -0.2) is 0 Å². The second-order valence-corrected chi connectivity index (χ2v) is 6.74.